The summed E-state index contributed by atoms with van der Waals surface area (Å²) in [7, 11) is 7.95. The molecule has 0 aliphatic carbocycles. The van der Waals surface area contributed by atoms with E-state index in [0.717, 1.165) is 19.5 Å². The Labute approximate surface area is 69.5 Å². The molecule has 0 unspecified atom stereocenters. The van der Waals surface area contributed by atoms with Crippen LogP contribution in [0.5, 0.6) is 0 Å². The first-order chi connectivity index (χ1) is 5.20. The van der Waals surface area contributed by atoms with Crippen molar-refractivity contribution in [1.29, 1.82) is 0 Å². The molecule has 0 fully saturated rings. The van der Waals surface area contributed by atoms with Crippen molar-refractivity contribution in [2.24, 2.45) is 0 Å². The van der Waals surface area contributed by atoms with Crippen molar-refractivity contribution in [3.8, 4) is 0 Å². The second-order valence-electron chi connectivity index (χ2n) is 2.64. The number of rotatable bonds is 6. The van der Waals surface area contributed by atoms with Crippen molar-refractivity contribution in [3.63, 3.8) is 0 Å². The molecule has 0 saturated carbocycles. The lowest BCUT2D eigenvalue weighted by atomic mass is 10.4. The quantitative estimate of drug-likeness (QED) is 0.513. The highest BCUT2D eigenvalue weighted by molar-refractivity contribution is 4.47. The Kier molecular flexibility index (Phi) is 6.45. The summed E-state index contributed by atoms with van der Waals surface area (Å²) in [6.07, 6.45) is 1.16. The van der Waals surface area contributed by atoms with E-state index in [4.69, 9.17) is 0 Å². The molecule has 0 atom stereocenters. The number of nitrogens with zero attached hydrogens (tertiary/aromatic N) is 2. The number of nitrogens with one attached hydrogen (secondary N) is 2. The molecule has 0 aromatic carbocycles. The standard InChI is InChI=1S/C7H20N4/c1-8-10(3)6-5-7-11(4)9-2/h8-9H,5-7H2,1-4H3. The highest BCUT2D eigenvalue weighted by Crippen LogP contribution is 1.84. The Morgan fingerprint density at radius 2 is 1.27 bits per heavy atom. The SMILES string of the molecule is CNN(C)CCCN(C)NC. The predicted octanol–water partition coefficient (Wildman–Crippen LogP) is -0.491. The summed E-state index contributed by atoms with van der Waals surface area (Å²) in [4.78, 5) is 0. The van der Waals surface area contributed by atoms with Crippen LogP contribution >= 0.6 is 0 Å². The molecule has 0 bridgehead atoms. The maximum Gasteiger partial charge on any atom is 0.0140 e. The van der Waals surface area contributed by atoms with Gasteiger partial charge in [-0.25, -0.2) is 10.0 Å². The zero-order valence-corrected chi connectivity index (χ0v) is 8.02. The van der Waals surface area contributed by atoms with Crippen LogP contribution in [0.1, 0.15) is 6.42 Å². The van der Waals surface area contributed by atoms with E-state index in [0.29, 0.717) is 0 Å². The van der Waals surface area contributed by atoms with Crippen molar-refractivity contribution in [1.82, 2.24) is 20.9 Å². The molecule has 0 radical (unpaired) electrons. The lowest BCUT2D eigenvalue weighted by molar-refractivity contribution is 0.211. The summed E-state index contributed by atoms with van der Waals surface area (Å²) in [5.41, 5.74) is 6.10. The lowest BCUT2D eigenvalue weighted by Gasteiger charge is -2.18. The summed E-state index contributed by atoms with van der Waals surface area (Å²) in [5, 5.41) is 4.15. The summed E-state index contributed by atoms with van der Waals surface area (Å²) in [5.74, 6) is 0. The zero-order chi connectivity index (χ0) is 8.69. The van der Waals surface area contributed by atoms with Crippen LogP contribution in [0, 0.1) is 0 Å². The molecule has 68 valence electrons. The van der Waals surface area contributed by atoms with E-state index in [1.807, 2.05) is 28.2 Å². The fourth-order valence-corrected chi connectivity index (χ4v) is 0.769. The van der Waals surface area contributed by atoms with Crippen molar-refractivity contribution >= 4 is 0 Å². The third-order valence-electron chi connectivity index (χ3n) is 1.75. The van der Waals surface area contributed by atoms with Gasteiger partial charge in [0.05, 0.1) is 0 Å². The average molecular weight is 160 g/mol. The molecule has 0 spiro atoms. The van der Waals surface area contributed by atoms with E-state index in [-0.39, 0.29) is 0 Å². The van der Waals surface area contributed by atoms with E-state index in [9.17, 15) is 0 Å². The van der Waals surface area contributed by atoms with Gasteiger partial charge in [0.15, 0.2) is 0 Å². The fraction of sp³-hybridized carbons (Fsp3) is 1.00. The van der Waals surface area contributed by atoms with Crippen LogP contribution in [0.3, 0.4) is 0 Å². The van der Waals surface area contributed by atoms with Gasteiger partial charge in [-0.05, 0) is 20.5 Å². The monoisotopic (exact) mass is 160 g/mol. The molecule has 2 N–H and O–H groups in total. The van der Waals surface area contributed by atoms with Crippen LogP contribution in [0.25, 0.3) is 0 Å². The van der Waals surface area contributed by atoms with Crippen LogP contribution in [0.4, 0.5) is 0 Å². The highest BCUT2D eigenvalue weighted by atomic mass is 15.5. The first-order valence-electron chi connectivity index (χ1n) is 3.97. The van der Waals surface area contributed by atoms with Gasteiger partial charge in [0.1, 0.15) is 0 Å². The maximum absolute atomic E-state index is 3.05. The summed E-state index contributed by atoms with van der Waals surface area (Å²) in [6, 6.07) is 0. The van der Waals surface area contributed by atoms with Gasteiger partial charge in [-0.1, -0.05) is 0 Å². The number of hydrogen-bond acceptors (Lipinski definition) is 4. The molecule has 0 aliphatic rings. The molecule has 0 rings (SSSR count). The third-order valence-corrected chi connectivity index (χ3v) is 1.75. The van der Waals surface area contributed by atoms with Gasteiger partial charge in [-0.3, -0.25) is 10.9 Å². The first kappa shape index (κ1) is 10.8. The highest BCUT2D eigenvalue weighted by Gasteiger charge is 1.95. The fourth-order valence-electron chi connectivity index (χ4n) is 0.769. The topological polar surface area (TPSA) is 30.5 Å². The van der Waals surface area contributed by atoms with Gasteiger partial charge < -0.3 is 0 Å². The van der Waals surface area contributed by atoms with Gasteiger partial charge in [-0.2, -0.15) is 0 Å². The van der Waals surface area contributed by atoms with E-state index in [1.165, 1.54) is 0 Å². The maximum atomic E-state index is 3.05. The molecule has 4 heteroatoms. The van der Waals surface area contributed by atoms with Crippen molar-refractivity contribution in [2.45, 2.75) is 6.42 Å². The molecule has 0 heterocycles. The van der Waals surface area contributed by atoms with Crippen molar-refractivity contribution in [2.75, 3.05) is 41.3 Å². The van der Waals surface area contributed by atoms with Crippen LogP contribution in [-0.4, -0.2) is 51.3 Å². The minimum absolute atomic E-state index is 1.07. The van der Waals surface area contributed by atoms with E-state index < -0.39 is 0 Å². The summed E-state index contributed by atoms with van der Waals surface area (Å²) < 4.78 is 0. The van der Waals surface area contributed by atoms with Gasteiger partial charge >= 0.3 is 0 Å². The van der Waals surface area contributed by atoms with E-state index in [1.54, 1.807) is 0 Å². The second-order valence-corrected chi connectivity index (χ2v) is 2.64. The van der Waals surface area contributed by atoms with Crippen molar-refractivity contribution in [3.05, 3.63) is 0 Å². The molecule has 0 aromatic rings. The lowest BCUT2D eigenvalue weighted by Crippen LogP contribution is -2.36. The summed E-state index contributed by atoms with van der Waals surface area (Å²) >= 11 is 0. The molecule has 0 aromatic heterocycles. The van der Waals surface area contributed by atoms with Crippen LogP contribution in [0.15, 0.2) is 0 Å². The van der Waals surface area contributed by atoms with Crippen LogP contribution < -0.4 is 10.9 Å². The molecule has 0 saturated heterocycles. The smallest absolute Gasteiger partial charge is 0.0140 e. The average Bonchev–Trinajstić information content (AvgIpc) is 2.04. The molecular weight excluding hydrogens is 140 g/mol. The normalized spacial score (nSPS) is 11.5. The Balaban J connectivity index is 3.13. The Hall–Kier alpha value is -0.160. The minimum Gasteiger partial charge on any atom is -0.259 e. The largest absolute Gasteiger partial charge is 0.259 e. The molecule has 4 nitrogen and oxygen atoms in total. The Morgan fingerprint density at radius 1 is 0.909 bits per heavy atom. The Morgan fingerprint density at radius 3 is 1.55 bits per heavy atom. The Bertz CT molecular complexity index is 76.5. The molecule has 0 aliphatic heterocycles. The third kappa shape index (κ3) is 6.25. The van der Waals surface area contributed by atoms with Gasteiger partial charge in [0.2, 0.25) is 0 Å². The van der Waals surface area contributed by atoms with E-state index in [2.05, 4.69) is 20.9 Å². The van der Waals surface area contributed by atoms with Crippen LogP contribution in [0.2, 0.25) is 0 Å². The van der Waals surface area contributed by atoms with Gasteiger partial charge in [0.25, 0.3) is 0 Å². The molecule has 11 heavy (non-hydrogen) atoms. The minimum atomic E-state index is 1.07. The van der Waals surface area contributed by atoms with Crippen LogP contribution in [-0.2, 0) is 0 Å². The summed E-state index contributed by atoms with van der Waals surface area (Å²) in [6.45, 7) is 2.14. The predicted molar refractivity (Wildman–Crippen MR) is 48.0 cm³/mol. The van der Waals surface area contributed by atoms with Crippen molar-refractivity contribution < 1.29 is 0 Å². The first-order valence-corrected chi connectivity index (χ1v) is 3.97. The van der Waals surface area contributed by atoms with Gasteiger partial charge in [0, 0.05) is 27.2 Å². The number of hydrogen-bond donors (Lipinski definition) is 2. The number of hydrazine groups is 2. The molecule has 0 amide bonds. The zero-order valence-electron chi connectivity index (χ0n) is 8.02. The van der Waals surface area contributed by atoms with E-state index >= 15 is 0 Å². The van der Waals surface area contributed by atoms with Gasteiger partial charge in [-0.15, -0.1) is 0 Å². The molecular formula is C7H20N4. The second kappa shape index (κ2) is 6.54.